The highest BCUT2D eigenvalue weighted by Gasteiger charge is 2.26. The Labute approximate surface area is 548 Å². The number of nitrogens with zero attached hydrogens (tertiary/aromatic N) is 4. The maximum absolute atomic E-state index is 2.49. The summed E-state index contributed by atoms with van der Waals surface area (Å²) in [5.41, 5.74) is 18.1. The minimum Gasteiger partial charge on any atom is -0.314 e. The lowest BCUT2D eigenvalue weighted by Crippen LogP contribution is -2.18. The Balaban J connectivity index is 0.909. The highest BCUT2D eigenvalue weighted by atomic mass is 15.2. The Hall–Kier alpha value is -12.2. The summed E-state index contributed by atoms with van der Waals surface area (Å²) in [5, 5.41) is 14.4. The number of allylic oxidation sites excluding steroid dienone is 4. The van der Waals surface area contributed by atoms with Gasteiger partial charge < -0.3 is 19.6 Å². The highest BCUT2D eigenvalue weighted by Crippen LogP contribution is 2.50. The van der Waals surface area contributed by atoms with E-state index in [1.165, 1.54) is 87.0 Å². The SMILES string of the molecule is C1=C(c2c3cc(N(c4ccccc4)c4ccccc4)ccc3c(-c3ccc(N(c4ccc5ccccc5c4)c4ccc5ccccc5c4)cc3)c3cc(N(c4ccccc4)c4ccccc4)ccc23)CCC(N(c2ccc3ccccc3c2)c2ccc3ccccc3c2)=C1. The van der Waals surface area contributed by atoms with Crippen LogP contribution in [0.15, 0.2) is 370 Å². The van der Waals surface area contributed by atoms with E-state index in [4.69, 9.17) is 0 Å². The van der Waals surface area contributed by atoms with E-state index in [0.717, 1.165) is 81.0 Å². The summed E-state index contributed by atoms with van der Waals surface area (Å²) in [7, 11) is 0. The van der Waals surface area contributed by atoms with Crippen molar-refractivity contribution >= 4 is 133 Å². The van der Waals surface area contributed by atoms with Crippen molar-refractivity contribution in [3.05, 3.63) is 375 Å². The first-order valence-electron chi connectivity index (χ1n) is 32.5. The number of rotatable bonds is 14. The van der Waals surface area contributed by atoms with Gasteiger partial charge >= 0.3 is 0 Å². The molecule has 0 unspecified atom stereocenters. The number of benzene rings is 16. The molecular weight excluding hydrogens is 1140 g/mol. The summed E-state index contributed by atoms with van der Waals surface area (Å²) in [6.07, 6.45) is 6.46. The van der Waals surface area contributed by atoms with Gasteiger partial charge in [-0.15, -0.1) is 0 Å². The fourth-order valence-corrected chi connectivity index (χ4v) is 14.3. The van der Waals surface area contributed by atoms with Crippen molar-refractivity contribution in [1.29, 1.82) is 0 Å². The molecule has 94 heavy (non-hydrogen) atoms. The van der Waals surface area contributed by atoms with Crippen LogP contribution in [0.1, 0.15) is 18.4 Å². The first-order chi connectivity index (χ1) is 46.6. The molecule has 0 saturated carbocycles. The molecule has 0 amide bonds. The van der Waals surface area contributed by atoms with E-state index in [2.05, 4.69) is 384 Å². The number of anilines is 11. The molecule has 4 nitrogen and oxygen atoms in total. The van der Waals surface area contributed by atoms with Crippen molar-refractivity contribution < 1.29 is 0 Å². The summed E-state index contributed by atoms with van der Waals surface area (Å²) < 4.78 is 0. The monoisotopic (exact) mass is 1200 g/mol. The molecule has 4 heteroatoms. The molecular formula is C90H64N4. The predicted octanol–water partition coefficient (Wildman–Crippen LogP) is 25.6. The third-order valence-corrected chi connectivity index (χ3v) is 18.8. The second-order valence-electron chi connectivity index (χ2n) is 24.4. The van der Waals surface area contributed by atoms with Crippen molar-refractivity contribution in [1.82, 2.24) is 0 Å². The topological polar surface area (TPSA) is 13.0 Å². The number of hydrogen-bond donors (Lipinski definition) is 0. The van der Waals surface area contributed by atoms with Crippen LogP contribution in [0, 0.1) is 0 Å². The number of fused-ring (bicyclic) bond motifs is 6. The van der Waals surface area contributed by atoms with E-state index in [9.17, 15) is 0 Å². The fraction of sp³-hybridized carbons (Fsp3) is 0.0222. The molecule has 0 atom stereocenters. The van der Waals surface area contributed by atoms with E-state index in [1.807, 2.05) is 0 Å². The average molecular weight is 1200 g/mol. The average Bonchev–Trinajstić information content (AvgIpc) is 0.726. The molecule has 0 bridgehead atoms. The van der Waals surface area contributed by atoms with Crippen LogP contribution in [-0.2, 0) is 0 Å². The van der Waals surface area contributed by atoms with Crippen molar-refractivity contribution in [3.8, 4) is 11.1 Å². The van der Waals surface area contributed by atoms with Gasteiger partial charge in [-0.2, -0.15) is 0 Å². The molecule has 0 fully saturated rings. The van der Waals surface area contributed by atoms with Gasteiger partial charge in [0.2, 0.25) is 0 Å². The zero-order chi connectivity index (χ0) is 62.3. The molecule has 0 heterocycles. The normalized spacial score (nSPS) is 12.3. The minimum absolute atomic E-state index is 0.814. The van der Waals surface area contributed by atoms with Crippen LogP contribution in [0.5, 0.6) is 0 Å². The van der Waals surface area contributed by atoms with Crippen molar-refractivity contribution in [2.45, 2.75) is 12.8 Å². The predicted molar refractivity (Wildman–Crippen MR) is 401 cm³/mol. The highest BCUT2D eigenvalue weighted by molar-refractivity contribution is 6.20. The van der Waals surface area contributed by atoms with Crippen molar-refractivity contribution in [3.63, 3.8) is 0 Å². The Morgan fingerprint density at radius 1 is 0.181 bits per heavy atom. The molecule has 0 aliphatic heterocycles. The second kappa shape index (κ2) is 24.2. The van der Waals surface area contributed by atoms with Gasteiger partial charge in [-0.3, -0.25) is 0 Å². The van der Waals surface area contributed by atoms with E-state index in [-0.39, 0.29) is 0 Å². The molecule has 16 aromatic rings. The van der Waals surface area contributed by atoms with E-state index >= 15 is 0 Å². The molecule has 0 saturated heterocycles. The van der Waals surface area contributed by atoms with Gasteiger partial charge in [0.25, 0.3) is 0 Å². The summed E-state index contributed by atoms with van der Waals surface area (Å²) in [5.74, 6) is 0. The first-order valence-corrected chi connectivity index (χ1v) is 32.5. The lowest BCUT2D eigenvalue weighted by Gasteiger charge is -2.31. The van der Waals surface area contributed by atoms with Gasteiger partial charge in [-0.1, -0.05) is 224 Å². The zero-order valence-electron chi connectivity index (χ0n) is 51.8. The Bertz CT molecular complexity index is 5330. The van der Waals surface area contributed by atoms with E-state index in [1.54, 1.807) is 0 Å². The summed E-state index contributed by atoms with van der Waals surface area (Å²) >= 11 is 0. The smallest absolute Gasteiger partial charge is 0.0468 e. The van der Waals surface area contributed by atoms with Gasteiger partial charge in [-0.25, -0.2) is 0 Å². The van der Waals surface area contributed by atoms with E-state index < -0.39 is 0 Å². The first kappa shape index (κ1) is 55.8. The van der Waals surface area contributed by atoms with E-state index in [0.29, 0.717) is 0 Å². The molecule has 0 N–H and O–H groups in total. The van der Waals surface area contributed by atoms with Gasteiger partial charge in [0, 0.05) is 68.3 Å². The summed E-state index contributed by atoms with van der Waals surface area (Å²) in [6.45, 7) is 0. The number of para-hydroxylation sites is 4. The minimum atomic E-state index is 0.814. The number of hydrogen-bond acceptors (Lipinski definition) is 4. The van der Waals surface area contributed by atoms with Crippen LogP contribution in [0.25, 0.3) is 81.3 Å². The molecule has 0 aromatic heterocycles. The van der Waals surface area contributed by atoms with Gasteiger partial charge in [0.1, 0.15) is 0 Å². The maximum atomic E-state index is 2.49. The third-order valence-electron chi connectivity index (χ3n) is 18.8. The van der Waals surface area contributed by atoms with Crippen LogP contribution in [0.3, 0.4) is 0 Å². The Morgan fingerprint density at radius 3 is 0.840 bits per heavy atom. The molecule has 0 spiro atoms. The van der Waals surface area contributed by atoms with Crippen LogP contribution in [0.2, 0.25) is 0 Å². The zero-order valence-corrected chi connectivity index (χ0v) is 51.8. The maximum Gasteiger partial charge on any atom is 0.0468 e. The summed E-state index contributed by atoms with van der Waals surface area (Å²) in [4.78, 5) is 9.68. The van der Waals surface area contributed by atoms with Gasteiger partial charge in [0.15, 0.2) is 0 Å². The van der Waals surface area contributed by atoms with Gasteiger partial charge in [0.05, 0.1) is 0 Å². The van der Waals surface area contributed by atoms with Crippen LogP contribution in [0.4, 0.5) is 62.6 Å². The lowest BCUT2D eigenvalue weighted by molar-refractivity contribution is 0.932. The second-order valence-corrected chi connectivity index (χ2v) is 24.4. The Kier molecular flexibility index (Phi) is 14.4. The standard InChI is InChI=1S/C90H64N4/c1-5-29-73(30-6-1)91(74-31-7-2-8-32-74)83-53-55-85-87(61-83)89(67-41-45-77(46-42-67)93(79-49-37-63-21-13-17-25-69(63)57-79)80-50-38-64-22-14-18-26-70(64)58-80)86-56-54-84(92(75-33-9-3-10-34-75)76-35-11-4-12-36-76)62-88(86)90(85)68-43-47-78(48-44-68)94(81-51-39-65-23-15-19-27-71(65)59-81)82-52-40-66-24-16-20-28-72(66)60-82/h1-43,45-47,49-62H,44,48H2. The summed E-state index contributed by atoms with van der Waals surface area (Å²) in [6, 6.07) is 129. The van der Waals surface area contributed by atoms with Crippen LogP contribution < -0.4 is 19.6 Å². The molecule has 0 radical (unpaired) electrons. The quantitative estimate of drug-likeness (QED) is 0.101. The van der Waals surface area contributed by atoms with Gasteiger partial charge in [-0.05, 0) is 239 Å². The largest absolute Gasteiger partial charge is 0.314 e. The molecule has 1 aliphatic rings. The third kappa shape index (κ3) is 10.4. The molecule has 1 aliphatic carbocycles. The van der Waals surface area contributed by atoms with Crippen LogP contribution >= 0.6 is 0 Å². The molecule has 444 valence electrons. The van der Waals surface area contributed by atoms with Crippen LogP contribution in [-0.4, -0.2) is 0 Å². The molecule has 16 aromatic carbocycles. The lowest BCUT2D eigenvalue weighted by atomic mass is 9.83. The van der Waals surface area contributed by atoms with Crippen molar-refractivity contribution in [2.75, 3.05) is 19.6 Å². The molecule has 17 rings (SSSR count). The Morgan fingerprint density at radius 2 is 0.468 bits per heavy atom. The van der Waals surface area contributed by atoms with Crippen molar-refractivity contribution in [2.24, 2.45) is 0 Å². The fourth-order valence-electron chi connectivity index (χ4n) is 14.3.